The van der Waals surface area contributed by atoms with Gasteiger partial charge in [0.2, 0.25) is 0 Å². The van der Waals surface area contributed by atoms with E-state index in [0.29, 0.717) is 17.5 Å². The molecule has 0 aromatic rings. The van der Waals surface area contributed by atoms with Gasteiger partial charge in [-0.15, -0.1) is 0 Å². The molecule has 3 atom stereocenters. The van der Waals surface area contributed by atoms with E-state index in [-0.39, 0.29) is 0 Å². The first-order valence-electron chi connectivity index (χ1n) is 8.13. The lowest BCUT2D eigenvalue weighted by atomic mass is 9.70. The van der Waals surface area contributed by atoms with E-state index < -0.39 is 0 Å². The summed E-state index contributed by atoms with van der Waals surface area (Å²) >= 11 is 0. The number of piperazine rings is 1. The fourth-order valence-electron chi connectivity index (χ4n) is 4.01. The Hall–Kier alpha value is -0.120. The van der Waals surface area contributed by atoms with Crippen LogP contribution < -0.4 is 5.32 Å². The van der Waals surface area contributed by atoms with Gasteiger partial charge in [-0.05, 0) is 38.8 Å². The Bertz CT molecular complexity index is 290. The Labute approximate surface area is 119 Å². The SMILES string of the molecule is CCNC1C(N2CCN(C)C(C)C2)CCCC1(C)C. The molecule has 1 saturated heterocycles. The Morgan fingerprint density at radius 1 is 1.26 bits per heavy atom. The molecular formula is C16H33N3. The number of nitrogens with zero attached hydrogens (tertiary/aromatic N) is 2. The third kappa shape index (κ3) is 3.32. The molecule has 3 nitrogen and oxygen atoms in total. The van der Waals surface area contributed by atoms with E-state index in [1.54, 1.807) is 0 Å². The van der Waals surface area contributed by atoms with Crippen LogP contribution in [0.1, 0.15) is 47.0 Å². The van der Waals surface area contributed by atoms with Crippen LogP contribution >= 0.6 is 0 Å². The van der Waals surface area contributed by atoms with Crippen molar-refractivity contribution in [2.75, 3.05) is 33.2 Å². The highest BCUT2D eigenvalue weighted by molar-refractivity contribution is 4.99. The maximum atomic E-state index is 3.79. The zero-order chi connectivity index (χ0) is 14.0. The maximum Gasteiger partial charge on any atom is 0.0274 e. The summed E-state index contributed by atoms with van der Waals surface area (Å²) in [5, 5.41) is 3.79. The highest BCUT2D eigenvalue weighted by Crippen LogP contribution is 2.38. The molecule has 0 radical (unpaired) electrons. The Morgan fingerprint density at radius 2 is 2.00 bits per heavy atom. The highest BCUT2D eigenvalue weighted by atomic mass is 15.3. The molecule has 2 fully saturated rings. The number of rotatable bonds is 3. The van der Waals surface area contributed by atoms with Gasteiger partial charge >= 0.3 is 0 Å². The van der Waals surface area contributed by atoms with E-state index >= 15 is 0 Å². The molecule has 0 bridgehead atoms. The average molecular weight is 267 g/mol. The molecule has 3 unspecified atom stereocenters. The first-order valence-corrected chi connectivity index (χ1v) is 8.13. The van der Waals surface area contributed by atoms with Gasteiger partial charge in [0.1, 0.15) is 0 Å². The van der Waals surface area contributed by atoms with Crippen LogP contribution in [-0.2, 0) is 0 Å². The van der Waals surface area contributed by atoms with Gasteiger partial charge in [0.15, 0.2) is 0 Å². The van der Waals surface area contributed by atoms with Crippen LogP contribution in [0.3, 0.4) is 0 Å². The topological polar surface area (TPSA) is 18.5 Å². The van der Waals surface area contributed by atoms with Gasteiger partial charge in [0.05, 0.1) is 0 Å². The molecule has 1 aliphatic heterocycles. The van der Waals surface area contributed by atoms with Crippen molar-refractivity contribution < 1.29 is 0 Å². The largest absolute Gasteiger partial charge is 0.312 e. The monoisotopic (exact) mass is 267 g/mol. The van der Waals surface area contributed by atoms with Gasteiger partial charge in [-0.2, -0.15) is 0 Å². The van der Waals surface area contributed by atoms with Crippen LogP contribution in [0.4, 0.5) is 0 Å². The minimum absolute atomic E-state index is 0.436. The third-order valence-electron chi connectivity index (χ3n) is 5.43. The Kier molecular flexibility index (Phi) is 4.91. The molecule has 0 aromatic heterocycles. The molecule has 2 aliphatic rings. The van der Waals surface area contributed by atoms with Crippen LogP contribution in [0, 0.1) is 5.41 Å². The first kappa shape index (κ1) is 15.3. The van der Waals surface area contributed by atoms with Gasteiger partial charge < -0.3 is 10.2 Å². The molecule has 1 N–H and O–H groups in total. The standard InChI is InChI=1S/C16H33N3/c1-6-17-15-14(8-7-9-16(15,3)4)19-11-10-18(5)13(2)12-19/h13-15,17H,6-12H2,1-5H3. The highest BCUT2D eigenvalue weighted by Gasteiger charge is 2.42. The van der Waals surface area contributed by atoms with Crippen molar-refractivity contribution >= 4 is 0 Å². The van der Waals surface area contributed by atoms with Crippen molar-refractivity contribution in [2.45, 2.75) is 65.1 Å². The average Bonchev–Trinajstić information content (AvgIpc) is 2.35. The van der Waals surface area contributed by atoms with Gasteiger partial charge in [0.25, 0.3) is 0 Å². The quantitative estimate of drug-likeness (QED) is 0.845. The maximum absolute atomic E-state index is 3.79. The lowest BCUT2D eigenvalue weighted by Crippen LogP contribution is -2.63. The molecule has 0 amide bonds. The lowest BCUT2D eigenvalue weighted by Gasteiger charge is -2.51. The van der Waals surface area contributed by atoms with Crippen molar-refractivity contribution in [3.63, 3.8) is 0 Å². The second-order valence-electron chi connectivity index (χ2n) is 7.31. The number of likely N-dealkylation sites (N-methyl/N-ethyl adjacent to an activating group) is 2. The molecule has 19 heavy (non-hydrogen) atoms. The van der Waals surface area contributed by atoms with E-state index in [2.05, 4.69) is 49.9 Å². The number of hydrogen-bond acceptors (Lipinski definition) is 3. The van der Waals surface area contributed by atoms with E-state index in [9.17, 15) is 0 Å². The fourth-order valence-corrected chi connectivity index (χ4v) is 4.01. The van der Waals surface area contributed by atoms with Crippen LogP contribution in [0.15, 0.2) is 0 Å². The molecule has 112 valence electrons. The van der Waals surface area contributed by atoms with Gasteiger partial charge in [-0.25, -0.2) is 0 Å². The molecule has 0 spiro atoms. The lowest BCUT2D eigenvalue weighted by molar-refractivity contribution is 0.00676. The van der Waals surface area contributed by atoms with E-state index in [4.69, 9.17) is 0 Å². The summed E-state index contributed by atoms with van der Waals surface area (Å²) in [6, 6.07) is 2.09. The zero-order valence-corrected chi connectivity index (χ0v) is 13.6. The van der Waals surface area contributed by atoms with Crippen LogP contribution in [0.25, 0.3) is 0 Å². The van der Waals surface area contributed by atoms with Crippen LogP contribution in [-0.4, -0.2) is 61.2 Å². The number of nitrogens with one attached hydrogen (secondary N) is 1. The van der Waals surface area contributed by atoms with E-state index in [0.717, 1.165) is 12.6 Å². The molecule has 1 heterocycles. The Morgan fingerprint density at radius 3 is 2.63 bits per heavy atom. The van der Waals surface area contributed by atoms with Crippen molar-refractivity contribution in [3.8, 4) is 0 Å². The van der Waals surface area contributed by atoms with Crippen molar-refractivity contribution in [2.24, 2.45) is 5.41 Å². The predicted molar refractivity (Wildman–Crippen MR) is 82.5 cm³/mol. The zero-order valence-electron chi connectivity index (χ0n) is 13.6. The smallest absolute Gasteiger partial charge is 0.0274 e. The fraction of sp³-hybridized carbons (Fsp3) is 1.00. The summed E-state index contributed by atoms with van der Waals surface area (Å²) in [5.41, 5.74) is 0.436. The Balaban J connectivity index is 2.08. The second-order valence-corrected chi connectivity index (χ2v) is 7.31. The predicted octanol–water partition coefficient (Wildman–Crippen LogP) is 2.18. The second kappa shape index (κ2) is 6.11. The van der Waals surface area contributed by atoms with E-state index in [1.165, 1.54) is 38.9 Å². The number of hydrogen-bond donors (Lipinski definition) is 1. The van der Waals surface area contributed by atoms with Crippen LogP contribution in [0.5, 0.6) is 0 Å². The first-order chi connectivity index (χ1) is 8.95. The molecule has 1 saturated carbocycles. The van der Waals surface area contributed by atoms with Gasteiger partial charge in [-0.3, -0.25) is 4.90 Å². The normalized spacial score (nSPS) is 37.4. The van der Waals surface area contributed by atoms with Crippen molar-refractivity contribution in [1.82, 2.24) is 15.1 Å². The van der Waals surface area contributed by atoms with Crippen LogP contribution in [0.2, 0.25) is 0 Å². The molecule has 1 aliphatic carbocycles. The van der Waals surface area contributed by atoms with Gasteiger partial charge in [0, 0.05) is 37.8 Å². The summed E-state index contributed by atoms with van der Waals surface area (Å²) in [5.74, 6) is 0. The summed E-state index contributed by atoms with van der Waals surface area (Å²) in [6.45, 7) is 14.3. The van der Waals surface area contributed by atoms with Crippen molar-refractivity contribution in [3.05, 3.63) is 0 Å². The van der Waals surface area contributed by atoms with E-state index in [1.807, 2.05) is 0 Å². The minimum Gasteiger partial charge on any atom is -0.312 e. The summed E-state index contributed by atoms with van der Waals surface area (Å²) < 4.78 is 0. The summed E-state index contributed by atoms with van der Waals surface area (Å²) in [4.78, 5) is 5.26. The molecule has 3 heteroatoms. The molecule has 2 rings (SSSR count). The summed E-state index contributed by atoms with van der Waals surface area (Å²) in [7, 11) is 2.26. The van der Waals surface area contributed by atoms with Crippen molar-refractivity contribution in [1.29, 1.82) is 0 Å². The molecule has 0 aromatic carbocycles. The molecular weight excluding hydrogens is 234 g/mol. The third-order valence-corrected chi connectivity index (χ3v) is 5.43. The minimum atomic E-state index is 0.436. The summed E-state index contributed by atoms with van der Waals surface area (Å²) in [6.07, 6.45) is 4.13. The van der Waals surface area contributed by atoms with Gasteiger partial charge in [-0.1, -0.05) is 27.2 Å².